The number of aliphatic hydroxyl groups excluding tert-OH is 1. The highest BCUT2D eigenvalue weighted by Crippen LogP contribution is 2.37. The van der Waals surface area contributed by atoms with Gasteiger partial charge in [-0.2, -0.15) is 0 Å². The summed E-state index contributed by atoms with van der Waals surface area (Å²) in [6.45, 7) is 10.1. The van der Waals surface area contributed by atoms with E-state index in [1.165, 1.54) is 135 Å². The van der Waals surface area contributed by atoms with E-state index in [1.54, 1.807) is 0 Å². The summed E-state index contributed by atoms with van der Waals surface area (Å²) in [5.41, 5.74) is 0. The van der Waals surface area contributed by atoms with Crippen LogP contribution in [0.2, 0.25) is 0 Å². The van der Waals surface area contributed by atoms with Crippen molar-refractivity contribution < 1.29 is 24.2 Å². The van der Waals surface area contributed by atoms with Gasteiger partial charge in [0.2, 0.25) is 0 Å². The third kappa shape index (κ3) is 25.8. The van der Waals surface area contributed by atoms with Crippen LogP contribution < -0.4 is 0 Å². The van der Waals surface area contributed by atoms with Gasteiger partial charge in [0.05, 0.1) is 25.0 Å². The van der Waals surface area contributed by atoms with Crippen molar-refractivity contribution in [1.82, 2.24) is 0 Å². The lowest BCUT2D eigenvalue weighted by molar-refractivity contribution is -0.156. The molecule has 1 aliphatic rings. The SMILES string of the molecule is CCCCCCCCC(CCCCCC)C(=O)OCC(COC(=O)C(CCCCCC)CCCCCCCC)C1CCC(CCCCCCO)CC1. The topological polar surface area (TPSA) is 72.8 Å². The second-order valence-electron chi connectivity index (χ2n) is 16.9. The van der Waals surface area contributed by atoms with Gasteiger partial charge < -0.3 is 14.6 Å². The van der Waals surface area contributed by atoms with Crippen molar-refractivity contribution in [2.45, 2.75) is 240 Å². The van der Waals surface area contributed by atoms with Gasteiger partial charge in [-0.1, -0.05) is 195 Å². The van der Waals surface area contributed by atoms with Gasteiger partial charge in [-0.3, -0.25) is 9.59 Å². The Kier molecular flexibility index (Phi) is 33.5. The summed E-state index contributed by atoms with van der Waals surface area (Å²) in [4.78, 5) is 27.4. The van der Waals surface area contributed by atoms with Gasteiger partial charge in [0.15, 0.2) is 0 Å². The number of carbonyl (C=O) groups is 2. The van der Waals surface area contributed by atoms with E-state index in [2.05, 4.69) is 27.7 Å². The molecule has 2 unspecified atom stereocenters. The molecule has 1 aliphatic carbocycles. The number of rotatable bonds is 37. The van der Waals surface area contributed by atoms with Crippen LogP contribution in [0.4, 0.5) is 0 Å². The fourth-order valence-electron chi connectivity index (χ4n) is 8.52. The van der Waals surface area contributed by atoms with E-state index in [0.29, 0.717) is 25.7 Å². The molecule has 0 aromatic carbocycles. The number of aliphatic hydroxyl groups is 1. The lowest BCUT2D eigenvalue weighted by Crippen LogP contribution is -2.32. The van der Waals surface area contributed by atoms with Crippen LogP contribution in [0, 0.1) is 29.6 Å². The Morgan fingerprint density at radius 2 is 0.827 bits per heavy atom. The Labute approximate surface area is 324 Å². The molecule has 0 aliphatic heterocycles. The largest absolute Gasteiger partial charge is 0.465 e. The molecule has 0 aromatic rings. The molecule has 0 saturated heterocycles. The zero-order chi connectivity index (χ0) is 37.9. The minimum absolute atomic E-state index is 0.00220. The van der Waals surface area contributed by atoms with E-state index >= 15 is 0 Å². The minimum atomic E-state index is -0.00479. The summed E-state index contributed by atoms with van der Waals surface area (Å²) in [5, 5.41) is 9.11. The monoisotopic (exact) mass is 735 g/mol. The van der Waals surface area contributed by atoms with Gasteiger partial charge in [-0.05, 0) is 56.8 Å². The van der Waals surface area contributed by atoms with Crippen LogP contribution in [-0.2, 0) is 19.1 Å². The first-order chi connectivity index (χ1) is 25.5. The van der Waals surface area contributed by atoms with Crippen molar-refractivity contribution in [2.75, 3.05) is 19.8 Å². The lowest BCUT2D eigenvalue weighted by Gasteiger charge is -2.34. The Morgan fingerprint density at radius 1 is 0.481 bits per heavy atom. The number of esters is 2. The molecule has 1 saturated carbocycles. The van der Waals surface area contributed by atoms with E-state index in [9.17, 15) is 9.59 Å². The van der Waals surface area contributed by atoms with E-state index in [-0.39, 0.29) is 29.7 Å². The van der Waals surface area contributed by atoms with Crippen molar-refractivity contribution in [2.24, 2.45) is 29.6 Å². The molecule has 0 heterocycles. The number of carbonyl (C=O) groups excluding carboxylic acids is 2. The van der Waals surface area contributed by atoms with Crippen LogP contribution in [0.5, 0.6) is 0 Å². The molecular weight excluding hydrogens is 645 g/mol. The number of hydrogen-bond acceptors (Lipinski definition) is 5. The Hall–Kier alpha value is -1.10. The number of ether oxygens (including phenoxy) is 2. The number of unbranched alkanes of at least 4 members (excludes halogenated alkanes) is 19. The summed E-state index contributed by atoms with van der Waals surface area (Å²) in [5.74, 6) is 1.28. The van der Waals surface area contributed by atoms with Gasteiger partial charge in [0.1, 0.15) is 0 Å². The summed E-state index contributed by atoms with van der Waals surface area (Å²) < 4.78 is 12.5. The Balaban J connectivity index is 2.89. The molecule has 1 fully saturated rings. The first kappa shape index (κ1) is 48.9. The number of hydrogen-bond donors (Lipinski definition) is 1. The molecule has 1 N–H and O–H groups in total. The maximum atomic E-state index is 13.7. The third-order valence-electron chi connectivity index (χ3n) is 12.2. The molecule has 0 aromatic heterocycles. The second-order valence-corrected chi connectivity index (χ2v) is 16.9. The Bertz CT molecular complexity index is 743. The quantitative estimate of drug-likeness (QED) is 0.0508. The highest BCUT2D eigenvalue weighted by molar-refractivity contribution is 5.73. The maximum absolute atomic E-state index is 13.7. The zero-order valence-electron chi connectivity index (χ0n) is 35.4. The summed E-state index contributed by atoms with van der Waals surface area (Å²) in [6, 6.07) is 0. The van der Waals surface area contributed by atoms with Crippen LogP contribution in [0.25, 0.3) is 0 Å². The normalized spacial score (nSPS) is 17.9. The molecular formula is C47H90O5. The summed E-state index contributed by atoms with van der Waals surface area (Å²) in [6.07, 6.45) is 38.6. The van der Waals surface area contributed by atoms with Crippen LogP contribution in [0.3, 0.4) is 0 Å². The predicted octanol–water partition coefficient (Wildman–Crippen LogP) is 14.1. The first-order valence-electron chi connectivity index (χ1n) is 23.4. The van der Waals surface area contributed by atoms with Crippen LogP contribution in [-0.4, -0.2) is 36.9 Å². The standard InChI is InChI=1S/C47H90O5/c1-5-9-13-17-19-26-32-43(30-24-15-11-7-3)46(49)51-39-45(42-36-34-41(35-37-42)29-23-21-22-28-38-48)40-52-47(50)44(31-25-16-12-8-4)33-27-20-18-14-10-6-2/h41-45,48H,5-40H2,1-4H3. The van der Waals surface area contributed by atoms with Crippen molar-refractivity contribution in [3.63, 3.8) is 0 Å². The van der Waals surface area contributed by atoms with Crippen LogP contribution in [0.1, 0.15) is 240 Å². The molecule has 0 radical (unpaired) electrons. The maximum Gasteiger partial charge on any atom is 0.308 e. The zero-order valence-corrected chi connectivity index (χ0v) is 35.4. The smallest absolute Gasteiger partial charge is 0.308 e. The molecule has 0 spiro atoms. The van der Waals surface area contributed by atoms with Gasteiger partial charge >= 0.3 is 11.9 Å². The minimum Gasteiger partial charge on any atom is -0.465 e. The van der Waals surface area contributed by atoms with E-state index < -0.39 is 0 Å². The first-order valence-corrected chi connectivity index (χ1v) is 23.4. The predicted molar refractivity (Wildman–Crippen MR) is 222 cm³/mol. The fraction of sp³-hybridized carbons (Fsp3) is 0.957. The second kappa shape index (κ2) is 35.6. The van der Waals surface area contributed by atoms with Gasteiger partial charge in [-0.25, -0.2) is 0 Å². The highest BCUT2D eigenvalue weighted by atomic mass is 16.5. The van der Waals surface area contributed by atoms with E-state index in [0.717, 1.165) is 83.0 Å². The van der Waals surface area contributed by atoms with Crippen molar-refractivity contribution in [3.05, 3.63) is 0 Å². The molecule has 0 bridgehead atoms. The van der Waals surface area contributed by atoms with Crippen LogP contribution >= 0.6 is 0 Å². The summed E-state index contributed by atoms with van der Waals surface area (Å²) >= 11 is 0. The Morgan fingerprint density at radius 3 is 1.23 bits per heavy atom. The highest BCUT2D eigenvalue weighted by Gasteiger charge is 2.31. The van der Waals surface area contributed by atoms with E-state index in [4.69, 9.17) is 14.6 Å². The molecule has 52 heavy (non-hydrogen) atoms. The van der Waals surface area contributed by atoms with Crippen molar-refractivity contribution in [3.8, 4) is 0 Å². The third-order valence-corrected chi connectivity index (χ3v) is 12.2. The molecule has 308 valence electrons. The lowest BCUT2D eigenvalue weighted by atomic mass is 9.75. The molecule has 5 heteroatoms. The van der Waals surface area contributed by atoms with Gasteiger partial charge in [0.25, 0.3) is 0 Å². The molecule has 5 nitrogen and oxygen atoms in total. The summed E-state index contributed by atoms with van der Waals surface area (Å²) in [7, 11) is 0. The van der Waals surface area contributed by atoms with E-state index in [1.807, 2.05) is 0 Å². The average molecular weight is 735 g/mol. The van der Waals surface area contributed by atoms with Gasteiger partial charge in [0, 0.05) is 12.5 Å². The fourth-order valence-corrected chi connectivity index (χ4v) is 8.52. The van der Waals surface area contributed by atoms with Crippen molar-refractivity contribution in [1.29, 1.82) is 0 Å². The average Bonchev–Trinajstić information content (AvgIpc) is 3.16. The molecule has 2 atom stereocenters. The van der Waals surface area contributed by atoms with Crippen molar-refractivity contribution >= 4 is 11.9 Å². The van der Waals surface area contributed by atoms with Gasteiger partial charge in [-0.15, -0.1) is 0 Å². The molecule has 0 amide bonds. The van der Waals surface area contributed by atoms with Crippen LogP contribution in [0.15, 0.2) is 0 Å². The molecule has 1 rings (SSSR count).